The molecule has 2 fully saturated rings. The lowest BCUT2D eigenvalue weighted by Crippen LogP contribution is -2.62. The van der Waals surface area contributed by atoms with Gasteiger partial charge in [-0.2, -0.15) is 5.10 Å². The van der Waals surface area contributed by atoms with Gasteiger partial charge in [0.15, 0.2) is 0 Å². The van der Waals surface area contributed by atoms with E-state index in [9.17, 15) is 9.50 Å². The fourth-order valence-electron chi connectivity index (χ4n) is 4.51. The zero-order valence-electron chi connectivity index (χ0n) is 16.0. The summed E-state index contributed by atoms with van der Waals surface area (Å²) in [5.41, 5.74) is 3.86. The van der Waals surface area contributed by atoms with Crippen molar-refractivity contribution in [3.05, 3.63) is 36.1 Å². The minimum atomic E-state index is -1.21. The average Bonchev–Trinajstić information content (AvgIpc) is 3.50. The number of hydrogen-bond donors (Lipinski definition) is 4. The molecule has 4 N–H and O–H groups in total. The number of nitrogens with zero attached hydrogens (tertiary/aromatic N) is 3. The number of dihydropyridines is 2. The highest BCUT2D eigenvalue weighted by atomic mass is 19.1. The molecule has 7 nitrogen and oxygen atoms in total. The quantitative estimate of drug-likeness (QED) is 0.565. The molecule has 5 aliphatic rings. The Morgan fingerprint density at radius 1 is 1.36 bits per heavy atom. The molecule has 28 heavy (non-hydrogen) atoms. The van der Waals surface area contributed by atoms with Crippen molar-refractivity contribution in [2.75, 3.05) is 19.6 Å². The number of nitrogens with one attached hydrogen (secondary N) is 3. The minimum Gasteiger partial charge on any atom is -0.388 e. The molecule has 0 bridgehead atoms. The maximum absolute atomic E-state index is 14.7. The number of allylic oxidation sites excluding steroid dienone is 2. The number of amidine groups is 1. The van der Waals surface area contributed by atoms with Gasteiger partial charge in [0.05, 0.1) is 17.4 Å². The molecule has 0 aromatic rings. The van der Waals surface area contributed by atoms with Crippen LogP contribution in [-0.4, -0.2) is 71.2 Å². The first kappa shape index (κ1) is 17.9. The van der Waals surface area contributed by atoms with Crippen LogP contribution in [0.5, 0.6) is 0 Å². The average molecular weight is 386 g/mol. The van der Waals surface area contributed by atoms with Crippen molar-refractivity contribution < 1.29 is 9.50 Å². The van der Waals surface area contributed by atoms with E-state index >= 15 is 0 Å². The number of alkyl halides is 1. The van der Waals surface area contributed by atoms with E-state index in [1.54, 1.807) is 12.2 Å². The highest BCUT2D eigenvalue weighted by Crippen LogP contribution is 2.41. The standard InChI is InChI=1S/C20H27FN6O/c1-20(28,12-4-5-12)15-11-27(10-9-22-15)16-7-6-14(21)18(24-16)17-13-3-2-8-23-19(13)26-25-17/h2-3,6-8,12,14-15,18-19,22-23,26,28H,4-5,9-11H2,1H3. The predicted molar refractivity (Wildman–Crippen MR) is 107 cm³/mol. The van der Waals surface area contributed by atoms with Gasteiger partial charge in [0.1, 0.15) is 24.2 Å². The van der Waals surface area contributed by atoms with Crippen molar-refractivity contribution in [3.63, 3.8) is 0 Å². The molecule has 4 heterocycles. The van der Waals surface area contributed by atoms with E-state index in [2.05, 4.69) is 26.1 Å². The third-order valence-electron chi connectivity index (χ3n) is 6.45. The van der Waals surface area contributed by atoms with Gasteiger partial charge < -0.3 is 20.6 Å². The molecule has 4 aliphatic heterocycles. The summed E-state index contributed by atoms with van der Waals surface area (Å²) in [4.78, 5) is 6.90. The van der Waals surface area contributed by atoms with Gasteiger partial charge in [0.2, 0.25) is 0 Å². The summed E-state index contributed by atoms with van der Waals surface area (Å²) >= 11 is 0. The van der Waals surface area contributed by atoms with E-state index in [1.165, 1.54) is 0 Å². The first-order chi connectivity index (χ1) is 13.5. The van der Waals surface area contributed by atoms with Crippen molar-refractivity contribution in [1.29, 1.82) is 0 Å². The zero-order valence-corrected chi connectivity index (χ0v) is 16.0. The van der Waals surface area contributed by atoms with Crippen LogP contribution in [0, 0.1) is 5.92 Å². The molecule has 0 aromatic carbocycles. The van der Waals surface area contributed by atoms with Crippen LogP contribution in [0.25, 0.3) is 0 Å². The Balaban J connectivity index is 1.36. The minimum absolute atomic E-state index is 0.0170. The highest BCUT2D eigenvalue weighted by molar-refractivity contribution is 6.09. The Kier molecular flexibility index (Phi) is 4.28. The van der Waals surface area contributed by atoms with Crippen molar-refractivity contribution in [2.45, 2.75) is 49.8 Å². The number of aliphatic hydroxyl groups is 1. The summed E-state index contributed by atoms with van der Waals surface area (Å²) < 4.78 is 14.7. The summed E-state index contributed by atoms with van der Waals surface area (Å²) in [6.45, 7) is 4.15. The molecule has 8 heteroatoms. The molecule has 0 radical (unpaired) electrons. The fourth-order valence-corrected chi connectivity index (χ4v) is 4.51. The summed E-state index contributed by atoms with van der Waals surface area (Å²) in [7, 11) is 0. The normalized spacial score (nSPS) is 36.5. The third kappa shape index (κ3) is 3.04. The molecule has 0 aromatic heterocycles. The van der Waals surface area contributed by atoms with Crippen LogP contribution in [0.3, 0.4) is 0 Å². The summed E-state index contributed by atoms with van der Waals surface area (Å²) in [6.07, 6.45) is 9.88. The van der Waals surface area contributed by atoms with Crippen molar-refractivity contribution in [1.82, 2.24) is 21.0 Å². The first-order valence-corrected chi connectivity index (χ1v) is 10.1. The number of rotatable bonds is 3. The lowest BCUT2D eigenvalue weighted by atomic mass is 9.89. The molecule has 0 amide bonds. The van der Waals surface area contributed by atoms with Gasteiger partial charge in [-0.05, 0) is 50.1 Å². The molecule has 5 unspecified atom stereocenters. The molecule has 0 spiro atoms. The molecular formula is C20H27FN6O. The summed E-state index contributed by atoms with van der Waals surface area (Å²) in [5.74, 6) is 1.13. The van der Waals surface area contributed by atoms with Crippen molar-refractivity contribution in [3.8, 4) is 0 Å². The SMILES string of the molecule is CC(O)(C1CC1)C1CN(C2=NC(C3=NNC4NC=CC=C34)C(F)C=C2)CCN1. The second-order valence-electron chi connectivity index (χ2n) is 8.40. The Morgan fingerprint density at radius 3 is 3.04 bits per heavy atom. The number of halogens is 1. The first-order valence-electron chi connectivity index (χ1n) is 10.1. The molecule has 5 atom stereocenters. The molecule has 1 aliphatic carbocycles. The van der Waals surface area contributed by atoms with E-state index in [0.29, 0.717) is 18.2 Å². The van der Waals surface area contributed by atoms with Gasteiger partial charge >= 0.3 is 0 Å². The largest absolute Gasteiger partial charge is 0.388 e. The Morgan fingerprint density at radius 2 is 2.21 bits per heavy atom. The monoisotopic (exact) mass is 386 g/mol. The van der Waals surface area contributed by atoms with Gasteiger partial charge in [-0.1, -0.05) is 6.08 Å². The Hall–Kier alpha value is -2.19. The molecular weight excluding hydrogens is 359 g/mol. The zero-order chi connectivity index (χ0) is 19.3. The Bertz CT molecular complexity index is 797. The van der Waals surface area contributed by atoms with Crippen molar-refractivity contribution >= 4 is 11.5 Å². The maximum atomic E-state index is 14.7. The predicted octanol–water partition coefficient (Wildman–Crippen LogP) is 0.425. The third-order valence-corrected chi connectivity index (χ3v) is 6.45. The highest BCUT2D eigenvalue weighted by Gasteiger charge is 2.47. The van der Waals surface area contributed by atoms with Crippen LogP contribution in [-0.2, 0) is 0 Å². The van der Waals surface area contributed by atoms with Crippen LogP contribution in [0.1, 0.15) is 19.8 Å². The van der Waals surface area contributed by atoms with Crippen LogP contribution in [0.2, 0.25) is 0 Å². The second kappa shape index (κ2) is 6.70. The molecule has 5 rings (SSSR count). The molecule has 1 saturated heterocycles. The van der Waals surface area contributed by atoms with E-state index in [-0.39, 0.29) is 12.2 Å². The lowest BCUT2D eigenvalue weighted by molar-refractivity contribution is -0.0156. The van der Waals surface area contributed by atoms with Crippen LogP contribution >= 0.6 is 0 Å². The summed E-state index contributed by atoms with van der Waals surface area (Å²) in [5, 5.41) is 21.9. The van der Waals surface area contributed by atoms with Crippen molar-refractivity contribution in [2.24, 2.45) is 16.0 Å². The molecule has 150 valence electrons. The number of piperazine rings is 1. The van der Waals surface area contributed by atoms with Gasteiger partial charge in [-0.15, -0.1) is 0 Å². The van der Waals surface area contributed by atoms with Gasteiger partial charge in [-0.3, -0.25) is 10.4 Å². The topological polar surface area (TPSA) is 84.3 Å². The smallest absolute Gasteiger partial charge is 0.147 e. The van der Waals surface area contributed by atoms with Gasteiger partial charge in [-0.25, -0.2) is 4.39 Å². The van der Waals surface area contributed by atoms with Crippen LogP contribution < -0.4 is 16.1 Å². The fraction of sp³-hybridized carbons (Fsp3) is 0.600. The van der Waals surface area contributed by atoms with Gasteiger partial charge in [0, 0.05) is 25.2 Å². The number of hydrazone groups is 1. The van der Waals surface area contributed by atoms with E-state index in [0.717, 1.165) is 37.3 Å². The summed E-state index contributed by atoms with van der Waals surface area (Å²) in [6, 6.07) is -0.675. The number of aliphatic imine (C=N–C) groups is 1. The van der Waals surface area contributed by atoms with E-state index < -0.39 is 17.8 Å². The Labute approximate surface area is 164 Å². The van der Waals surface area contributed by atoms with Gasteiger partial charge in [0.25, 0.3) is 0 Å². The lowest BCUT2D eigenvalue weighted by Gasteiger charge is -2.42. The number of fused-ring (bicyclic) bond motifs is 1. The maximum Gasteiger partial charge on any atom is 0.147 e. The number of hydrogen-bond acceptors (Lipinski definition) is 7. The van der Waals surface area contributed by atoms with E-state index in [1.807, 2.05) is 25.3 Å². The van der Waals surface area contributed by atoms with Crippen LogP contribution in [0.4, 0.5) is 4.39 Å². The second-order valence-corrected chi connectivity index (χ2v) is 8.40. The molecule has 1 saturated carbocycles. The van der Waals surface area contributed by atoms with E-state index in [4.69, 9.17) is 4.99 Å². The van der Waals surface area contributed by atoms with Crippen LogP contribution in [0.15, 0.2) is 46.2 Å².